The number of nitrogens with zero attached hydrogens (tertiary/aromatic N) is 1. The van der Waals surface area contributed by atoms with Crippen molar-refractivity contribution in [3.8, 4) is 0 Å². The van der Waals surface area contributed by atoms with E-state index in [1.54, 1.807) is 0 Å². The molecule has 1 fully saturated rings. The number of aliphatic carboxylic acids is 1. The van der Waals surface area contributed by atoms with E-state index in [0.29, 0.717) is 5.75 Å². The number of ketones is 1. The van der Waals surface area contributed by atoms with Crippen molar-refractivity contribution in [2.45, 2.75) is 64.1 Å². The maximum Gasteiger partial charge on any atom is 0.326 e. The summed E-state index contributed by atoms with van der Waals surface area (Å²) in [7, 11) is 0. The van der Waals surface area contributed by atoms with Crippen molar-refractivity contribution in [3.63, 3.8) is 0 Å². The fraction of sp³-hybridized carbons (Fsp3) is 0.667. The number of Topliss-reactive ketones (excluding diaryl/α,β-unsaturated/α-hetero) is 1. The maximum atomic E-state index is 13.3. The highest BCUT2D eigenvalue weighted by molar-refractivity contribution is 7.98. The average molecular weight is 456 g/mol. The molecule has 9 nitrogen and oxygen atoms in total. The number of nitrogens with one attached hydrogen (secondary N) is 2. The van der Waals surface area contributed by atoms with Gasteiger partial charge in [-0.3, -0.25) is 19.2 Å². The van der Waals surface area contributed by atoms with Crippen LogP contribution in [0.1, 0.15) is 46.5 Å². The van der Waals surface area contributed by atoms with Gasteiger partial charge < -0.3 is 20.6 Å². The monoisotopic (exact) mass is 455 g/mol. The van der Waals surface area contributed by atoms with Gasteiger partial charge in [0.25, 0.3) is 5.91 Å². The Labute approximate surface area is 187 Å². The quantitative estimate of drug-likeness (QED) is 0.295. The van der Waals surface area contributed by atoms with Crippen molar-refractivity contribution < 1.29 is 29.1 Å². The van der Waals surface area contributed by atoms with E-state index in [4.69, 9.17) is 0 Å². The third-order valence-electron chi connectivity index (χ3n) is 5.21. The van der Waals surface area contributed by atoms with Gasteiger partial charge in [0.1, 0.15) is 12.1 Å². The third-order valence-corrected chi connectivity index (χ3v) is 5.82. The summed E-state index contributed by atoms with van der Waals surface area (Å²) in [5.74, 6) is -2.78. The van der Waals surface area contributed by atoms with Gasteiger partial charge in [0.05, 0.1) is 0 Å². The molecule has 0 bridgehead atoms. The summed E-state index contributed by atoms with van der Waals surface area (Å²) in [6.45, 7) is 8.74. The normalized spacial score (nSPS) is 20.9. The van der Waals surface area contributed by atoms with Gasteiger partial charge in [-0.25, -0.2) is 4.79 Å². The van der Waals surface area contributed by atoms with Crippen LogP contribution in [0.25, 0.3) is 0 Å². The van der Waals surface area contributed by atoms with Gasteiger partial charge in [0, 0.05) is 19.4 Å². The van der Waals surface area contributed by atoms with Crippen molar-refractivity contribution in [2.75, 3.05) is 18.6 Å². The first-order chi connectivity index (χ1) is 14.5. The van der Waals surface area contributed by atoms with Crippen molar-refractivity contribution in [2.24, 2.45) is 5.92 Å². The summed E-state index contributed by atoms with van der Waals surface area (Å²) < 4.78 is 0. The van der Waals surface area contributed by atoms with E-state index in [1.165, 1.54) is 29.7 Å². The van der Waals surface area contributed by atoms with Gasteiger partial charge in [-0.15, -0.1) is 6.58 Å². The minimum atomic E-state index is -1.72. The van der Waals surface area contributed by atoms with Crippen LogP contribution in [0.5, 0.6) is 0 Å². The first-order valence-corrected chi connectivity index (χ1v) is 11.7. The second-order valence-electron chi connectivity index (χ2n) is 8.04. The van der Waals surface area contributed by atoms with Crippen LogP contribution >= 0.6 is 11.8 Å². The van der Waals surface area contributed by atoms with Gasteiger partial charge in [-0.2, -0.15) is 11.8 Å². The molecule has 1 aliphatic heterocycles. The van der Waals surface area contributed by atoms with Gasteiger partial charge in [-0.05, 0) is 37.7 Å². The van der Waals surface area contributed by atoms with Gasteiger partial charge in [0.15, 0.2) is 11.3 Å². The number of carbonyl (C=O) groups is 5. The second kappa shape index (κ2) is 11.9. The van der Waals surface area contributed by atoms with Gasteiger partial charge in [0.2, 0.25) is 11.8 Å². The van der Waals surface area contributed by atoms with Crippen molar-refractivity contribution in [1.29, 1.82) is 0 Å². The van der Waals surface area contributed by atoms with Crippen LogP contribution in [0.15, 0.2) is 12.7 Å². The van der Waals surface area contributed by atoms with Crippen LogP contribution in [0.3, 0.4) is 0 Å². The van der Waals surface area contributed by atoms with Crippen molar-refractivity contribution >= 4 is 41.2 Å². The van der Waals surface area contributed by atoms with Crippen LogP contribution in [0.2, 0.25) is 0 Å². The lowest BCUT2D eigenvalue weighted by Crippen LogP contribution is -2.69. The Kier molecular flexibility index (Phi) is 10.2. The number of carboxylic acids is 1. The van der Waals surface area contributed by atoms with Crippen LogP contribution in [-0.4, -0.2) is 75.7 Å². The first kappa shape index (κ1) is 26.7. The summed E-state index contributed by atoms with van der Waals surface area (Å²) >= 11 is 1.44. The smallest absolute Gasteiger partial charge is 0.326 e. The number of amides is 3. The summed E-state index contributed by atoms with van der Waals surface area (Å²) in [5.41, 5.74) is -1.72. The van der Waals surface area contributed by atoms with E-state index in [0.717, 1.165) is 0 Å². The highest BCUT2D eigenvalue weighted by Gasteiger charge is 2.54. The minimum Gasteiger partial charge on any atom is -0.480 e. The Hall–Kier alpha value is -2.36. The third kappa shape index (κ3) is 6.56. The summed E-state index contributed by atoms with van der Waals surface area (Å²) in [5, 5.41) is 14.3. The summed E-state index contributed by atoms with van der Waals surface area (Å²) in [4.78, 5) is 64.0. The lowest BCUT2D eigenvalue weighted by molar-refractivity contribution is -0.160. The molecule has 174 valence electrons. The molecule has 1 rings (SSSR count). The van der Waals surface area contributed by atoms with E-state index >= 15 is 0 Å². The molecule has 1 saturated heterocycles. The molecule has 0 spiro atoms. The Morgan fingerprint density at radius 1 is 1.23 bits per heavy atom. The molecule has 0 aromatic heterocycles. The van der Waals surface area contributed by atoms with Gasteiger partial charge in [-0.1, -0.05) is 19.9 Å². The highest BCUT2D eigenvalue weighted by atomic mass is 32.2. The van der Waals surface area contributed by atoms with E-state index in [9.17, 15) is 29.1 Å². The zero-order chi connectivity index (χ0) is 23.8. The molecule has 3 atom stereocenters. The SMILES string of the molecule is C=CCN1C(=O)CCC(=O)[C@]1(CCSC)C(=O)N[C@@H](C)C(=O)N[C@@H](CC(C)C)C(=O)O. The number of rotatable bonds is 12. The number of thioether (sulfide) groups is 1. The molecule has 3 amide bonds. The molecule has 0 unspecified atom stereocenters. The molecule has 0 aromatic carbocycles. The molecular formula is C21H33N3O6S. The Morgan fingerprint density at radius 2 is 1.87 bits per heavy atom. The molecular weight excluding hydrogens is 422 g/mol. The van der Waals surface area contributed by atoms with Crippen LogP contribution < -0.4 is 10.6 Å². The lowest BCUT2D eigenvalue weighted by atomic mass is 9.81. The Balaban J connectivity index is 3.11. The predicted molar refractivity (Wildman–Crippen MR) is 119 cm³/mol. The molecule has 1 aliphatic rings. The van der Waals surface area contributed by atoms with E-state index in [2.05, 4.69) is 17.2 Å². The van der Waals surface area contributed by atoms with E-state index < -0.39 is 35.4 Å². The van der Waals surface area contributed by atoms with Crippen LogP contribution in [0.4, 0.5) is 0 Å². The van der Waals surface area contributed by atoms with E-state index in [-0.39, 0.29) is 49.8 Å². The molecule has 0 aromatic rings. The summed E-state index contributed by atoms with van der Waals surface area (Å²) in [6.07, 6.45) is 3.60. The number of hydrogen-bond acceptors (Lipinski definition) is 6. The largest absolute Gasteiger partial charge is 0.480 e. The Morgan fingerprint density at radius 3 is 2.39 bits per heavy atom. The second-order valence-corrected chi connectivity index (χ2v) is 9.03. The minimum absolute atomic E-state index is 0.0203. The van der Waals surface area contributed by atoms with Crippen molar-refractivity contribution in [3.05, 3.63) is 12.7 Å². The molecule has 0 saturated carbocycles. The van der Waals surface area contributed by atoms with Crippen LogP contribution in [0, 0.1) is 5.92 Å². The number of likely N-dealkylation sites (tertiary alicyclic amines) is 1. The molecule has 10 heteroatoms. The number of carboxylic acid groups (broad SMARTS) is 1. The molecule has 0 radical (unpaired) electrons. The number of piperidine rings is 1. The highest BCUT2D eigenvalue weighted by Crippen LogP contribution is 2.31. The molecule has 31 heavy (non-hydrogen) atoms. The molecule has 3 N–H and O–H groups in total. The zero-order valence-electron chi connectivity index (χ0n) is 18.6. The number of hydrogen-bond donors (Lipinski definition) is 3. The fourth-order valence-electron chi connectivity index (χ4n) is 3.57. The van der Waals surface area contributed by atoms with Crippen LogP contribution in [-0.2, 0) is 24.0 Å². The first-order valence-electron chi connectivity index (χ1n) is 10.3. The van der Waals surface area contributed by atoms with Gasteiger partial charge >= 0.3 is 5.97 Å². The summed E-state index contributed by atoms with van der Waals surface area (Å²) in [6, 6.07) is -2.18. The number of carbonyl (C=O) groups excluding carboxylic acids is 4. The topological polar surface area (TPSA) is 133 Å². The Bertz CT molecular complexity index is 726. The zero-order valence-corrected chi connectivity index (χ0v) is 19.4. The van der Waals surface area contributed by atoms with Crippen molar-refractivity contribution in [1.82, 2.24) is 15.5 Å². The standard InChI is InChI=1S/C21H33N3O6S/c1-6-10-24-17(26)8-7-16(25)21(24,9-11-31-5)20(30)22-14(4)18(27)23-15(19(28)29)12-13(2)3/h6,13-15H,1,7-12H2,2-5H3,(H,22,30)(H,23,27)(H,28,29)/t14-,15-,21+/m0/s1. The maximum absolute atomic E-state index is 13.3. The average Bonchev–Trinajstić information content (AvgIpc) is 2.69. The van der Waals surface area contributed by atoms with E-state index in [1.807, 2.05) is 20.1 Å². The predicted octanol–water partition coefficient (Wildman–Crippen LogP) is 0.976. The fourth-order valence-corrected chi connectivity index (χ4v) is 4.07. The molecule has 0 aliphatic carbocycles. The molecule has 1 heterocycles. The lowest BCUT2D eigenvalue weighted by Gasteiger charge is -2.44.